The summed E-state index contributed by atoms with van der Waals surface area (Å²) in [5.41, 5.74) is 6.31. The summed E-state index contributed by atoms with van der Waals surface area (Å²) in [5.74, 6) is -0.924. The highest BCUT2D eigenvalue weighted by Crippen LogP contribution is 2.24. The highest BCUT2D eigenvalue weighted by Gasteiger charge is 2.14. The van der Waals surface area contributed by atoms with Gasteiger partial charge < -0.3 is 5.73 Å². The van der Waals surface area contributed by atoms with E-state index in [-0.39, 0.29) is 16.3 Å². The van der Waals surface area contributed by atoms with E-state index >= 15 is 0 Å². The van der Waals surface area contributed by atoms with E-state index in [1.54, 1.807) is 0 Å². The lowest BCUT2D eigenvalue weighted by molar-refractivity contribution is 0.103. The minimum atomic E-state index is -0.523. The molecule has 92 valence electrons. The van der Waals surface area contributed by atoms with E-state index in [1.165, 1.54) is 30.3 Å². The third kappa shape index (κ3) is 2.47. The maximum atomic E-state index is 13.1. The van der Waals surface area contributed by atoms with E-state index in [1.807, 2.05) is 0 Å². The summed E-state index contributed by atoms with van der Waals surface area (Å²) in [4.78, 5) is 12.1. The van der Waals surface area contributed by atoms with E-state index in [0.717, 1.165) is 6.07 Å². The molecule has 0 aliphatic heterocycles. The summed E-state index contributed by atoms with van der Waals surface area (Å²) >= 11 is 11.6. The van der Waals surface area contributed by atoms with Crippen molar-refractivity contribution in [3.63, 3.8) is 0 Å². The molecule has 0 aromatic heterocycles. The fourth-order valence-electron chi connectivity index (χ4n) is 1.51. The largest absolute Gasteiger partial charge is 0.398 e. The summed E-state index contributed by atoms with van der Waals surface area (Å²) in [7, 11) is 0. The SMILES string of the molecule is Nc1cc(C(=O)c2cc(F)ccc2Cl)ccc1Cl. The van der Waals surface area contributed by atoms with Crippen LogP contribution < -0.4 is 5.73 Å². The lowest BCUT2D eigenvalue weighted by Crippen LogP contribution is -2.03. The Labute approximate surface area is 113 Å². The van der Waals surface area contributed by atoms with Crippen LogP contribution in [0.5, 0.6) is 0 Å². The normalized spacial score (nSPS) is 10.4. The van der Waals surface area contributed by atoms with Crippen LogP contribution in [0.2, 0.25) is 10.0 Å². The van der Waals surface area contributed by atoms with Gasteiger partial charge in [-0.25, -0.2) is 4.39 Å². The average Bonchev–Trinajstić information content (AvgIpc) is 2.35. The molecule has 0 fully saturated rings. The van der Waals surface area contributed by atoms with Crippen LogP contribution >= 0.6 is 23.2 Å². The van der Waals surface area contributed by atoms with Crippen molar-refractivity contribution in [2.24, 2.45) is 0 Å². The van der Waals surface area contributed by atoms with Crippen molar-refractivity contribution < 1.29 is 9.18 Å². The van der Waals surface area contributed by atoms with E-state index in [0.29, 0.717) is 10.6 Å². The summed E-state index contributed by atoms with van der Waals surface area (Å²) in [6.45, 7) is 0. The molecule has 2 nitrogen and oxygen atoms in total. The summed E-state index contributed by atoms with van der Waals surface area (Å²) in [6.07, 6.45) is 0. The number of rotatable bonds is 2. The molecular formula is C13H8Cl2FNO. The molecule has 0 bridgehead atoms. The Bertz CT molecular complexity index is 628. The van der Waals surface area contributed by atoms with Gasteiger partial charge >= 0.3 is 0 Å². The molecule has 2 aromatic carbocycles. The van der Waals surface area contributed by atoms with Crippen molar-refractivity contribution in [3.8, 4) is 0 Å². The Morgan fingerprint density at radius 2 is 1.72 bits per heavy atom. The van der Waals surface area contributed by atoms with Gasteiger partial charge in [-0.15, -0.1) is 0 Å². The van der Waals surface area contributed by atoms with Crippen molar-refractivity contribution >= 4 is 34.7 Å². The number of carbonyl (C=O) groups is 1. The summed E-state index contributed by atoms with van der Waals surface area (Å²) in [5, 5.41) is 0.548. The first kappa shape index (κ1) is 12.9. The molecule has 0 unspecified atom stereocenters. The molecule has 0 aliphatic rings. The van der Waals surface area contributed by atoms with Crippen molar-refractivity contribution in [1.82, 2.24) is 0 Å². The van der Waals surface area contributed by atoms with E-state index in [9.17, 15) is 9.18 Å². The van der Waals surface area contributed by atoms with Crippen molar-refractivity contribution in [2.75, 3.05) is 5.73 Å². The Hall–Kier alpha value is -1.58. The van der Waals surface area contributed by atoms with Gasteiger partial charge in [0.05, 0.1) is 15.7 Å². The van der Waals surface area contributed by atoms with Gasteiger partial charge in [-0.05, 0) is 36.4 Å². The minimum absolute atomic E-state index is 0.0957. The molecule has 0 saturated carbocycles. The third-order valence-electron chi connectivity index (χ3n) is 2.43. The van der Waals surface area contributed by atoms with Crippen LogP contribution in [-0.2, 0) is 0 Å². The average molecular weight is 284 g/mol. The molecule has 0 aliphatic carbocycles. The van der Waals surface area contributed by atoms with Gasteiger partial charge in [-0.3, -0.25) is 4.79 Å². The number of benzene rings is 2. The number of nitrogens with two attached hydrogens (primary N) is 1. The topological polar surface area (TPSA) is 43.1 Å². The standard InChI is InChI=1S/C13H8Cl2FNO/c14-10-4-2-8(16)6-9(10)13(18)7-1-3-11(15)12(17)5-7/h1-6H,17H2. The van der Waals surface area contributed by atoms with Crippen molar-refractivity contribution in [2.45, 2.75) is 0 Å². The maximum absolute atomic E-state index is 13.1. The predicted molar refractivity (Wildman–Crippen MR) is 70.7 cm³/mol. The molecule has 0 heterocycles. The highest BCUT2D eigenvalue weighted by molar-refractivity contribution is 6.35. The Kier molecular flexibility index (Phi) is 3.55. The minimum Gasteiger partial charge on any atom is -0.398 e. The quantitative estimate of drug-likeness (QED) is 0.670. The zero-order valence-electron chi connectivity index (χ0n) is 9.08. The number of anilines is 1. The molecule has 5 heteroatoms. The van der Waals surface area contributed by atoms with Crippen LogP contribution in [0, 0.1) is 5.82 Å². The second-order valence-electron chi connectivity index (χ2n) is 3.69. The van der Waals surface area contributed by atoms with E-state index < -0.39 is 11.6 Å². The van der Waals surface area contributed by atoms with Crippen LogP contribution in [-0.4, -0.2) is 5.78 Å². The molecule has 0 amide bonds. The molecule has 0 saturated heterocycles. The lowest BCUT2D eigenvalue weighted by Gasteiger charge is -2.05. The molecule has 2 aromatic rings. The van der Waals surface area contributed by atoms with Crippen LogP contribution in [0.3, 0.4) is 0 Å². The molecular weight excluding hydrogens is 276 g/mol. The Morgan fingerprint density at radius 3 is 2.39 bits per heavy atom. The zero-order chi connectivity index (χ0) is 13.3. The van der Waals surface area contributed by atoms with Gasteiger partial charge in [-0.2, -0.15) is 0 Å². The first-order chi connectivity index (χ1) is 8.49. The van der Waals surface area contributed by atoms with Crippen LogP contribution in [0.25, 0.3) is 0 Å². The van der Waals surface area contributed by atoms with Crippen LogP contribution in [0.15, 0.2) is 36.4 Å². The van der Waals surface area contributed by atoms with Gasteiger partial charge in [0.2, 0.25) is 0 Å². The number of hydrogen-bond donors (Lipinski definition) is 1. The Balaban J connectivity index is 2.47. The summed E-state index contributed by atoms with van der Waals surface area (Å²) < 4.78 is 13.1. The highest BCUT2D eigenvalue weighted by atomic mass is 35.5. The predicted octanol–water partition coefficient (Wildman–Crippen LogP) is 3.95. The molecule has 0 spiro atoms. The van der Waals surface area contributed by atoms with E-state index in [4.69, 9.17) is 28.9 Å². The second-order valence-corrected chi connectivity index (χ2v) is 4.50. The zero-order valence-corrected chi connectivity index (χ0v) is 10.6. The number of carbonyl (C=O) groups excluding carboxylic acids is 1. The van der Waals surface area contributed by atoms with Gasteiger partial charge in [0, 0.05) is 11.1 Å². The molecule has 18 heavy (non-hydrogen) atoms. The molecule has 0 atom stereocenters. The van der Waals surface area contributed by atoms with Crippen LogP contribution in [0.1, 0.15) is 15.9 Å². The second kappa shape index (κ2) is 4.96. The van der Waals surface area contributed by atoms with Gasteiger partial charge in [-0.1, -0.05) is 23.2 Å². The van der Waals surface area contributed by atoms with Gasteiger partial charge in [0.1, 0.15) is 5.82 Å². The number of nitrogen functional groups attached to an aromatic ring is 1. The number of hydrogen-bond acceptors (Lipinski definition) is 2. The Morgan fingerprint density at radius 1 is 1.06 bits per heavy atom. The van der Waals surface area contributed by atoms with Crippen molar-refractivity contribution in [1.29, 1.82) is 0 Å². The lowest BCUT2D eigenvalue weighted by atomic mass is 10.0. The molecule has 0 radical (unpaired) electrons. The van der Waals surface area contributed by atoms with Crippen molar-refractivity contribution in [3.05, 3.63) is 63.4 Å². The number of halogens is 3. The smallest absolute Gasteiger partial charge is 0.194 e. The fraction of sp³-hybridized carbons (Fsp3) is 0. The number of ketones is 1. The van der Waals surface area contributed by atoms with Crippen LogP contribution in [0.4, 0.5) is 10.1 Å². The monoisotopic (exact) mass is 283 g/mol. The molecule has 2 rings (SSSR count). The summed E-state index contributed by atoms with van der Waals surface area (Å²) in [6, 6.07) is 8.08. The third-order valence-corrected chi connectivity index (χ3v) is 3.11. The van der Waals surface area contributed by atoms with Gasteiger partial charge in [0.25, 0.3) is 0 Å². The van der Waals surface area contributed by atoms with Gasteiger partial charge in [0.15, 0.2) is 5.78 Å². The first-order valence-corrected chi connectivity index (χ1v) is 5.79. The molecule has 2 N–H and O–H groups in total. The fourth-order valence-corrected chi connectivity index (χ4v) is 1.83. The van der Waals surface area contributed by atoms with E-state index in [2.05, 4.69) is 0 Å². The maximum Gasteiger partial charge on any atom is 0.194 e. The first-order valence-electron chi connectivity index (χ1n) is 5.04.